The predicted octanol–water partition coefficient (Wildman–Crippen LogP) is 1.75. The Morgan fingerprint density at radius 3 is 3.00 bits per heavy atom. The van der Waals surface area contributed by atoms with Crippen molar-refractivity contribution in [1.29, 1.82) is 0 Å². The Labute approximate surface area is 109 Å². The van der Waals surface area contributed by atoms with Crippen molar-refractivity contribution in [3.63, 3.8) is 0 Å². The van der Waals surface area contributed by atoms with E-state index in [-0.39, 0.29) is 0 Å². The molecule has 1 N–H and O–H groups in total. The van der Waals surface area contributed by atoms with Gasteiger partial charge >= 0.3 is 0 Å². The van der Waals surface area contributed by atoms with E-state index < -0.39 is 0 Å². The highest BCUT2D eigenvalue weighted by Gasteiger charge is 2.11. The van der Waals surface area contributed by atoms with Gasteiger partial charge in [-0.3, -0.25) is 0 Å². The van der Waals surface area contributed by atoms with E-state index in [1.807, 2.05) is 12.1 Å². The molecule has 0 aliphatic heterocycles. The third-order valence-electron chi connectivity index (χ3n) is 3.44. The Hall–Kier alpha value is -2.50. The highest BCUT2D eigenvalue weighted by Crippen LogP contribution is 2.26. The van der Waals surface area contributed by atoms with Crippen LogP contribution in [-0.4, -0.2) is 25.3 Å². The summed E-state index contributed by atoms with van der Waals surface area (Å²) >= 11 is 0. The molecule has 0 bridgehead atoms. The molecular weight excluding hydrogens is 240 g/mol. The molecule has 2 heterocycles. The van der Waals surface area contributed by atoms with E-state index in [9.17, 15) is 0 Å². The van der Waals surface area contributed by atoms with Crippen LogP contribution in [0, 0.1) is 0 Å². The summed E-state index contributed by atoms with van der Waals surface area (Å²) in [6, 6.07) is 10.2. The van der Waals surface area contributed by atoms with Gasteiger partial charge in [-0.05, 0) is 65.1 Å². The first-order valence-electron chi connectivity index (χ1n) is 6.33. The molecule has 1 aliphatic rings. The molecule has 4 rings (SSSR count). The number of hydrogen-bond donors (Lipinski definition) is 1. The summed E-state index contributed by atoms with van der Waals surface area (Å²) in [5.74, 6) is 0.734. The second-order valence-electron chi connectivity index (χ2n) is 4.71. The zero-order chi connectivity index (χ0) is 12.7. The normalized spacial score (nSPS) is 13.7. The summed E-state index contributed by atoms with van der Waals surface area (Å²) in [7, 11) is 0. The number of fused-ring (bicyclic) bond motifs is 2. The van der Waals surface area contributed by atoms with Crippen molar-refractivity contribution in [2.75, 3.05) is 5.32 Å². The summed E-state index contributed by atoms with van der Waals surface area (Å²) in [6.45, 7) is 0. The average molecular weight is 252 g/mol. The first-order valence-corrected chi connectivity index (χ1v) is 6.33. The summed E-state index contributed by atoms with van der Waals surface area (Å²) in [5.41, 5.74) is 4.60. The lowest BCUT2D eigenvalue weighted by atomic mass is 10.1. The quantitative estimate of drug-likeness (QED) is 0.752. The van der Waals surface area contributed by atoms with Gasteiger partial charge in [-0.15, -0.1) is 14.8 Å². The van der Waals surface area contributed by atoms with Gasteiger partial charge in [-0.25, -0.2) is 0 Å². The van der Waals surface area contributed by atoms with E-state index in [4.69, 9.17) is 0 Å². The van der Waals surface area contributed by atoms with Crippen LogP contribution in [0.15, 0.2) is 30.3 Å². The molecule has 6 heteroatoms. The van der Waals surface area contributed by atoms with Crippen molar-refractivity contribution < 1.29 is 0 Å². The monoisotopic (exact) mass is 252 g/mol. The Bertz CT molecular complexity index is 748. The van der Waals surface area contributed by atoms with Crippen LogP contribution in [0.25, 0.3) is 5.65 Å². The summed E-state index contributed by atoms with van der Waals surface area (Å²) in [5, 5.41) is 18.8. The van der Waals surface area contributed by atoms with Gasteiger partial charge in [0.25, 0.3) is 0 Å². The average Bonchev–Trinajstić information content (AvgIpc) is 3.05. The standard InChI is InChI=1S/C13H12N6/c1-2-9-4-5-11(8-10(9)3-1)14-12-6-7-13-15-17-18-19(13)16-12/h4-8H,1-3H2,(H,14,16). The number of benzene rings is 1. The highest BCUT2D eigenvalue weighted by molar-refractivity contribution is 5.59. The summed E-state index contributed by atoms with van der Waals surface area (Å²) in [4.78, 5) is 0. The molecule has 1 aromatic carbocycles. The Kier molecular flexibility index (Phi) is 2.20. The third kappa shape index (κ3) is 1.81. The molecule has 0 saturated heterocycles. The lowest BCUT2D eigenvalue weighted by molar-refractivity contribution is 0.736. The Balaban J connectivity index is 1.66. The Morgan fingerprint density at radius 2 is 2.00 bits per heavy atom. The molecule has 0 unspecified atom stereocenters. The van der Waals surface area contributed by atoms with Gasteiger partial charge in [0.2, 0.25) is 0 Å². The lowest BCUT2D eigenvalue weighted by Gasteiger charge is -2.07. The highest BCUT2D eigenvalue weighted by atomic mass is 15.6. The van der Waals surface area contributed by atoms with Crippen molar-refractivity contribution in [3.05, 3.63) is 41.5 Å². The van der Waals surface area contributed by atoms with E-state index in [1.54, 1.807) is 0 Å². The fourth-order valence-electron chi connectivity index (χ4n) is 2.51. The number of aromatic nitrogens is 5. The Morgan fingerprint density at radius 1 is 1.05 bits per heavy atom. The van der Waals surface area contributed by atoms with Gasteiger partial charge < -0.3 is 5.32 Å². The van der Waals surface area contributed by atoms with Crippen molar-refractivity contribution in [3.8, 4) is 0 Å². The molecule has 0 fully saturated rings. The van der Waals surface area contributed by atoms with Gasteiger partial charge in [0.1, 0.15) is 0 Å². The van der Waals surface area contributed by atoms with Gasteiger partial charge in [0.05, 0.1) is 0 Å². The molecule has 1 aliphatic carbocycles. The van der Waals surface area contributed by atoms with Crippen molar-refractivity contribution >= 4 is 17.2 Å². The number of anilines is 2. The van der Waals surface area contributed by atoms with E-state index >= 15 is 0 Å². The van der Waals surface area contributed by atoms with Crippen molar-refractivity contribution in [2.45, 2.75) is 19.3 Å². The van der Waals surface area contributed by atoms with E-state index in [1.165, 1.54) is 35.0 Å². The summed E-state index contributed by atoms with van der Waals surface area (Å²) in [6.07, 6.45) is 3.63. The molecule has 2 aromatic heterocycles. The SMILES string of the molecule is c1cc2c(cc1Nc1ccc3nnnn3n1)CCC2. The number of rotatable bonds is 2. The van der Waals surface area contributed by atoms with E-state index in [2.05, 4.69) is 44.1 Å². The minimum Gasteiger partial charge on any atom is -0.339 e. The van der Waals surface area contributed by atoms with Crippen molar-refractivity contribution in [1.82, 2.24) is 25.3 Å². The van der Waals surface area contributed by atoms with Crippen LogP contribution in [0.3, 0.4) is 0 Å². The molecule has 0 amide bonds. The second-order valence-corrected chi connectivity index (χ2v) is 4.71. The first-order chi connectivity index (χ1) is 9.38. The maximum Gasteiger partial charge on any atom is 0.200 e. The zero-order valence-electron chi connectivity index (χ0n) is 10.2. The van der Waals surface area contributed by atoms with Crippen LogP contribution < -0.4 is 5.32 Å². The number of nitrogens with one attached hydrogen (secondary N) is 1. The molecule has 0 saturated carbocycles. The smallest absolute Gasteiger partial charge is 0.200 e. The van der Waals surface area contributed by atoms with Crippen LogP contribution in [0.4, 0.5) is 11.5 Å². The lowest BCUT2D eigenvalue weighted by Crippen LogP contribution is -2.00. The zero-order valence-corrected chi connectivity index (χ0v) is 10.2. The molecule has 94 valence electrons. The van der Waals surface area contributed by atoms with Crippen molar-refractivity contribution in [2.24, 2.45) is 0 Å². The maximum atomic E-state index is 4.29. The van der Waals surface area contributed by atoms with Gasteiger partial charge in [-0.2, -0.15) is 0 Å². The largest absolute Gasteiger partial charge is 0.339 e. The maximum absolute atomic E-state index is 4.29. The summed E-state index contributed by atoms with van der Waals surface area (Å²) < 4.78 is 1.41. The van der Waals surface area contributed by atoms with Crippen LogP contribution in [0.5, 0.6) is 0 Å². The van der Waals surface area contributed by atoms with E-state index in [0.717, 1.165) is 11.5 Å². The molecule has 6 nitrogen and oxygen atoms in total. The fourth-order valence-corrected chi connectivity index (χ4v) is 2.51. The van der Waals surface area contributed by atoms with Gasteiger partial charge in [0.15, 0.2) is 11.5 Å². The van der Waals surface area contributed by atoms with Gasteiger partial charge in [0, 0.05) is 5.69 Å². The van der Waals surface area contributed by atoms with Crippen LogP contribution in [-0.2, 0) is 12.8 Å². The van der Waals surface area contributed by atoms with E-state index in [0.29, 0.717) is 5.65 Å². The third-order valence-corrected chi connectivity index (χ3v) is 3.44. The molecular formula is C13H12N6. The molecule has 3 aromatic rings. The predicted molar refractivity (Wildman–Crippen MR) is 70.3 cm³/mol. The molecule has 0 spiro atoms. The molecule has 0 atom stereocenters. The number of hydrogen-bond acceptors (Lipinski definition) is 5. The number of aryl methyl sites for hydroxylation is 2. The number of nitrogens with zero attached hydrogens (tertiary/aromatic N) is 5. The van der Waals surface area contributed by atoms with Gasteiger partial charge in [-0.1, -0.05) is 6.07 Å². The topological polar surface area (TPSA) is 68.0 Å². The number of tetrazole rings is 1. The second kappa shape index (κ2) is 4.01. The minimum atomic E-state index is 0.638. The molecule has 19 heavy (non-hydrogen) atoms. The first kappa shape index (κ1) is 10.4. The van der Waals surface area contributed by atoms with Crippen LogP contribution >= 0.6 is 0 Å². The minimum absolute atomic E-state index is 0.638. The van der Waals surface area contributed by atoms with Crippen LogP contribution in [0.1, 0.15) is 17.5 Å². The molecule has 0 radical (unpaired) electrons. The van der Waals surface area contributed by atoms with Crippen LogP contribution in [0.2, 0.25) is 0 Å². The fraction of sp³-hybridized carbons (Fsp3) is 0.231.